The second-order valence-electron chi connectivity index (χ2n) is 3.73. The summed E-state index contributed by atoms with van der Waals surface area (Å²) in [5.74, 6) is 0.604. The molecular weight excluding hydrogens is 250 g/mol. The van der Waals surface area contributed by atoms with Gasteiger partial charge in [0, 0.05) is 11.0 Å². The Morgan fingerprint density at radius 1 is 1.47 bits per heavy atom. The maximum absolute atomic E-state index is 5.42. The second kappa shape index (κ2) is 6.09. The molecule has 0 aliphatic rings. The fourth-order valence-corrected chi connectivity index (χ4v) is 2.26. The zero-order valence-corrected chi connectivity index (χ0v) is 10.9. The highest BCUT2D eigenvalue weighted by Gasteiger charge is 2.06. The molecule has 0 saturated heterocycles. The predicted molar refractivity (Wildman–Crippen MR) is 70.9 cm³/mol. The lowest BCUT2D eigenvalue weighted by molar-refractivity contribution is 0.730. The number of hydrogen-bond acceptors (Lipinski definition) is 1. The van der Waals surface area contributed by atoms with Crippen molar-refractivity contribution in [3.05, 3.63) is 39.9 Å². The zero-order valence-electron chi connectivity index (χ0n) is 9.33. The normalized spacial score (nSPS) is 13.3. The summed E-state index contributed by atoms with van der Waals surface area (Å²) in [5, 5.41) is 0. The second-order valence-corrected chi connectivity index (χ2v) is 4.58. The predicted octanol–water partition coefficient (Wildman–Crippen LogP) is 3.93. The number of hydrogen-bond donors (Lipinski definition) is 1. The fraction of sp³-hybridized carbons (Fsp3) is 0.385. The van der Waals surface area contributed by atoms with E-state index in [2.05, 4.69) is 48.0 Å². The lowest BCUT2D eigenvalue weighted by atomic mass is 9.97. The first-order chi connectivity index (χ1) is 7.19. The van der Waals surface area contributed by atoms with Gasteiger partial charge in [-0.1, -0.05) is 54.1 Å². The van der Waals surface area contributed by atoms with E-state index >= 15 is 0 Å². The monoisotopic (exact) mass is 267 g/mol. The zero-order chi connectivity index (χ0) is 11.3. The Bertz CT molecular complexity index is 344. The molecule has 0 bridgehead atoms. The molecule has 1 aromatic carbocycles. The maximum atomic E-state index is 5.42. The van der Waals surface area contributed by atoms with Gasteiger partial charge in [-0.05, 0) is 29.5 Å². The maximum Gasteiger partial charge on any atom is 0.0215 e. The van der Waals surface area contributed by atoms with Crippen LogP contribution < -0.4 is 5.73 Å². The Balaban J connectivity index is 2.92. The van der Waals surface area contributed by atoms with Gasteiger partial charge in [-0.15, -0.1) is 0 Å². The fourth-order valence-electron chi connectivity index (χ4n) is 1.47. The highest BCUT2D eigenvalue weighted by atomic mass is 79.9. The smallest absolute Gasteiger partial charge is 0.0215 e. The van der Waals surface area contributed by atoms with Crippen molar-refractivity contribution < 1.29 is 0 Å². The van der Waals surface area contributed by atoms with Crippen molar-refractivity contribution in [2.75, 3.05) is 6.54 Å². The van der Waals surface area contributed by atoms with E-state index < -0.39 is 0 Å². The van der Waals surface area contributed by atoms with E-state index in [4.69, 9.17) is 5.73 Å². The van der Waals surface area contributed by atoms with Crippen LogP contribution in [0.5, 0.6) is 0 Å². The highest BCUT2D eigenvalue weighted by molar-refractivity contribution is 9.10. The minimum atomic E-state index is 0.588. The molecule has 0 fully saturated rings. The molecule has 0 aliphatic carbocycles. The lowest BCUT2D eigenvalue weighted by Crippen LogP contribution is -1.94. The van der Waals surface area contributed by atoms with Crippen LogP contribution in [0.15, 0.2) is 28.7 Å². The van der Waals surface area contributed by atoms with E-state index in [-0.39, 0.29) is 0 Å². The molecule has 2 N–H and O–H groups in total. The van der Waals surface area contributed by atoms with Gasteiger partial charge in [-0.2, -0.15) is 0 Å². The van der Waals surface area contributed by atoms with Crippen LogP contribution in [0.3, 0.4) is 0 Å². The van der Waals surface area contributed by atoms with Gasteiger partial charge in [0.05, 0.1) is 0 Å². The lowest BCUT2D eigenvalue weighted by Gasteiger charge is -2.11. The Morgan fingerprint density at radius 2 is 2.20 bits per heavy atom. The largest absolute Gasteiger partial charge is 0.327 e. The van der Waals surface area contributed by atoms with Crippen LogP contribution >= 0.6 is 15.9 Å². The summed E-state index contributed by atoms with van der Waals surface area (Å²) < 4.78 is 1.19. The molecule has 1 rings (SSSR count). The van der Waals surface area contributed by atoms with Gasteiger partial charge in [0.1, 0.15) is 0 Å². The average molecular weight is 268 g/mol. The number of halogens is 1. The molecule has 2 heteroatoms. The molecule has 0 aromatic heterocycles. The van der Waals surface area contributed by atoms with Crippen molar-refractivity contribution >= 4 is 22.0 Å². The molecule has 0 saturated carbocycles. The van der Waals surface area contributed by atoms with Gasteiger partial charge in [-0.25, -0.2) is 0 Å². The van der Waals surface area contributed by atoms with Gasteiger partial charge in [0.2, 0.25) is 0 Å². The standard InChI is InChI=1S/C13H18BrN/c1-3-10(2)12-7-6-11(5-4-8-15)9-13(12)14/h4-7,9-10H,3,8,15H2,1-2H3/b5-4+. The molecule has 1 aromatic rings. The Kier molecular flexibility index (Phi) is 5.06. The first-order valence-electron chi connectivity index (χ1n) is 5.35. The molecule has 0 aliphatic heterocycles. The molecule has 1 atom stereocenters. The van der Waals surface area contributed by atoms with Gasteiger partial charge in [0.25, 0.3) is 0 Å². The molecule has 15 heavy (non-hydrogen) atoms. The summed E-state index contributed by atoms with van der Waals surface area (Å²) in [4.78, 5) is 0. The van der Waals surface area contributed by atoms with Crippen molar-refractivity contribution in [2.24, 2.45) is 5.73 Å². The summed E-state index contributed by atoms with van der Waals surface area (Å²) in [5.41, 5.74) is 7.99. The molecular formula is C13H18BrN. The van der Waals surface area contributed by atoms with E-state index in [0.717, 1.165) is 6.42 Å². The molecule has 0 amide bonds. The molecule has 1 nitrogen and oxygen atoms in total. The molecule has 1 unspecified atom stereocenters. The van der Waals surface area contributed by atoms with E-state index in [1.54, 1.807) is 0 Å². The molecule has 82 valence electrons. The van der Waals surface area contributed by atoms with Crippen molar-refractivity contribution in [1.82, 2.24) is 0 Å². The van der Waals surface area contributed by atoms with Crippen LogP contribution in [0, 0.1) is 0 Å². The summed E-state index contributed by atoms with van der Waals surface area (Å²) in [6, 6.07) is 6.47. The summed E-state index contributed by atoms with van der Waals surface area (Å²) in [7, 11) is 0. The number of rotatable bonds is 4. The SMILES string of the molecule is CCC(C)c1ccc(/C=C/CN)cc1Br. The molecule has 0 heterocycles. The Labute approximate surface area is 101 Å². The topological polar surface area (TPSA) is 26.0 Å². The van der Waals surface area contributed by atoms with Gasteiger partial charge in [0.15, 0.2) is 0 Å². The van der Waals surface area contributed by atoms with Crippen molar-refractivity contribution in [1.29, 1.82) is 0 Å². The third-order valence-electron chi connectivity index (χ3n) is 2.61. The Hall–Kier alpha value is -0.600. The van der Waals surface area contributed by atoms with Crippen LogP contribution in [0.1, 0.15) is 37.3 Å². The van der Waals surface area contributed by atoms with Crippen LogP contribution in [0.4, 0.5) is 0 Å². The Morgan fingerprint density at radius 3 is 2.73 bits per heavy atom. The summed E-state index contributed by atoms with van der Waals surface area (Å²) >= 11 is 3.62. The number of benzene rings is 1. The van der Waals surface area contributed by atoms with Crippen LogP contribution in [0.25, 0.3) is 6.08 Å². The van der Waals surface area contributed by atoms with E-state index in [1.807, 2.05) is 12.2 Å². The van der Waals surface area contributed by atoms with Gasteiger partial charge < -0.3 is 5.73 Å². The third kappa shape index (κ3) is 3.47. The third-order valence-corrected chi connectivity index (χ3v) is 3.30. The molecule has 0 spiro atoms. The average Bonchev–Trinajstić information content (AvgIpc) is 2.25. The van der Waals surface area contributed by atoms with E-state index in [1.165, 1.54) is 15.6 Å². The van der Waals surface area contributed by atoms with Crippen molar-refractivity contribution in [3.8, 4) is 0 Å². The van der Waals surface area contributed by atoms with Crippen LogP contribution in [-0.2, 0) is 0 Å². The van der Waals surface area contributed by atoms with Crippen molar-refractivity contribution in [2.45, 2.75) is 26.2 Å². The minimum absolute atomic E-state index is 0.588. The minimum Gasteiger partial charge on any atom is -0.327 e. The quantitative estimate of drug-likeness (QED) is 0.879. The van der Waals surface area contributed by atoms with Crippen LogP contribution in [0.2, 0.25) is 0 Å². The molecule has 0 radical (unpaired) electrons. The van der Waals surface area contributed by atoms with E-state index in [9.17, 15) is 0 Å². The van der Waals surface area contributed by atoms with Gasteiger partial charge >= 0.3 is 0 Å². The first-order valence-corrected chi connectivity index (χ1v) is 6.14. The van der Waals surface area contributed by atoms with Crippen LogP contribution in [-0.4, -0.2) is 6.54 Å². The summed E-state index contributed by atoms with van der Waals surface area (Å²) in [6.45, 7) is 5.04. The first kappa shape index (κ1) is 12.5. The number of nitrogens with two attached hydrogens (primary N) is 1. The van der Waals surface area contributed by atoms with E-state index in [0.29, 0.717) is 12.5 Å². The highest BCUT2D eigenvalue weighted by Crippen LogP contribution is 2.28. The summed E-state index contributed by atoms with van der Waals surface area (Å²) in [6.07, 6.45) is 5.17. The van der Waals surface area contributed by atoms with Gasteiger partial charge in [-0.3, -0.25) is 0 Å². The van der Waals surface area contributed by atoms with Crippen molar-refractivity contribution in [3.63, 3.8) is 0 Å².